The Kier molecular flexibility index (Phi) is 4.95. The van der Waals surface area contributed by atoms with Gasteiger partial charge < -0.3 is 24.2 Å². The van der Waals surface area contributed by atoms with E-state index in [9.17, 15) is 9.59 Å². The number of nitrogens with zero attached hydrogens (tertiary/aromatic N) is 3. The van der Waals surface area contributed by atoms with Crippen molar-refractivity contribution in [1.82, 2.24) is 9.80 Å². The van der Waals surface area contributed by atoms with E-state index in [0.29, 0.717) is 25.0 Å². The Morgan fingerprint density at radius 2 is 1.83 bits per heavy atom. The summed E-state index contributed by atoms with van der Waals surface area (Å²) in [4.78, 5) is 30.7. The molecule has 4 aliphatic rings. The van der Waals surface area contributed by atoms with Gasteiger partial charge in [0.1, 0.15) is 6.61 Å². The maximum atomic E-state index is 12.9. The fourth-order valence-electron chi connectivity index (χ4n) is 4.95. The normalized spacial score (nSPS) is 28.0. The number of hydrogen-bond donors (Lipinski definition) is 0. The molecule has 0 radical (unpaired) electrons. The largest absolute Gasteiger partial charge is 0.378 e. The molecular formula is C22H29N3O4. The van der Waals surface area contributed by atoms with E-state index in [-0.39, 0.29) is 30.4 Å². The number of carbonyl (C=O) groups excluding carboxylic acids is 2. The summed E-state index contributed by atoms with van der Waals surface area (Å²) < 4.78 is 11.0. The molecule has 2 atom stereocenters. The van der Waals surface area contributed by atoms with Gasteiger partial charge in [-0.3, -0.25) is 4.79 Å². The first-order chi connectivity index (χ1) is 14.1. The van der Waals surface area contributed by atoms with Crippen LogP contribution in [0.4, 0.5) is 10.5 Å². The highest BCUT2D eigenvalue weighted by Crippen LogP contribution is 2.32. The number of benzene rings is 1. The third kappa shape index (κ3) is 3.62. The highest BCUT2D eigenvalue weighted by molar-refractivity contribution is 5.81. The fourth-order valence-corrected chi connectivity index (χ4v) is 4.95. The summed E-state index contributed by atoms with van der Waals surface area (Å²) in [5.74, 6) is 0.731. The first-order valence-corrected chi connectivity index (χ1v) is 10.7. The summed E-state index contributed by atoms with van der Waals surface area (Å²) in [6, 6.07) is 8.85. The molecule has 5 rings (SSSR count). The lowest BCUT2D eigenvalue weighted by Gasteiger charge is -2.46. The molecule has 0 aromatic heterocycles. The minimum atomic E-state index is 0.112. The Balaban J connectivity index is 1.12. The number of anilines is 1. The molecular weight excluding hydrogens is 370 g/mol. The Labute approximate surface area is 171 Å². The molecule has 0 unspecified atom stereocenters. The van der Waals surface area contributed by atoms with E-state index in [1.807, 2.05) is 9.80 Å². The zero-order chi connectivity index (χ0) is 20.0. The molecule has 7 heteroatoms. The Morgan fingerprint density at radius 1 is 1.07 bits per heavy atom. The van der Waals surface area contributed by atoms with E-state index in [0.717, 1.165) is 39.1 Å². The van der Waals surface area contributed by atoms with Crippen molar-refractivity contribution in [3.8, 4) is 0 Å². The molecule has 29 heavy (non-hydrogen) atoms. The molecule has 0 saturated carbocycles. The van der Waals surface area contributed by atoms with Gasteiger partial charge in [-0.15, -0.1) is 0 Å². The van der Waals surface area contributed by atoms with Gasteiger partial charge in [-0.05, 0) is 24.1 Å². The molecule has 1 aromatic rings. The number of ketones is 1. The summed E-state index contributed by atoms with van der Waals surface area (Å²) in [7, 11) is 1.76. The Bertz CT molecular complexity index is 771. The molecule has 4 saturated heterocycles. The quantitative estimate of drug-likeness (QED) is 0.775. The van der Waals surface area contributed by atoms with Crippen molar-refractivity contribution in [2.45, 2.75) is 31.0 Å². The number of methoxy groups -OCH3 is 1. The van der Waals surface area contributed by atoms with Crippen molar-refractivity contribution in [2.75, 3.05) is 57.9 Å². The second-order valence-corrected chi connectivity index (χ2v) is 8.83. The number of hydrogen-bond acceptors (Lipinski definition) is 5. The van der Waals surface area contributed by atoms with Crippen LogP contribution in [0.15, 0.2) is 24.3 Å². The van der Waals surface area contributed by atoms with Gasteiger partial charge in [0.15, 0.2) is 5.78 Å². The zero-order valence-corrected chi connectivity index (χ0v) is 17.0. The monoisotopic (exact) mass is 399 g/mol. The number of ether oxygens (including phenoxy) is 2. The lowest BCUT2D eigenvalue weighted by atomic mass is 9.87. The molecule has 2 amide bonds. The number of carbonyl (C=O) groups is 2. The van der Waals surface area contributed by atoms with E-state index in [1.165, 1.54) is 11.3 Å². The Morgan fingerprint density at radius 3 is 2.55 bits per heavy atom. The van der Waals surface area contributed by atoms with E-state index in [2.05, 4.69) is 29.2 Å². The molecule has 156 valence electrons. The standard InChI is InChI=1S/C22H29N3O4/c1-28-20-12-24(13-20)18-4-2-15(3-5-18)17-10-25(11-17)22(27)23-7-6-21-16(9-23)8-19(26)14-29-21/h2-5,16-17,20-21H,6-14H2,1H3/t16-,21+/m1/s1. The van der Waals surface area contributed by atoms with Crippen LogP contribution in [-0.4, -0.2) is 86.8 Å². The number of urea groups is 1. The summed E-state index contributed by atoms with van der Waals surface area (Å²) >= 11 is 0. The van der Waals surface area contributed by atoms with Gasteiger partial charge in [-0.25, -0.2) is 4.79 Å². The van der Waals surface area contributed by atoms with Crippen molar-refractivity contribution in [3.63, 3.8) is 0 Å². The smallest absolute Gasteiger partial charge is 0.320 e. The minimum Gasteiger partial charge on any atom is -0.378 e. The average molecular weight is 399 g/mol. The molecule has 7 nitrogen and oxygen atoms in total. The first-order valence-electron chi connectivity index (χ1n) is 10.7. The summed E-state index contributed by atoms with van der Waals surface area (Å²) in [5.41, 5.74) is 2.54. The lowest BCUT2D eigenvalue weighted by Crippen LogP contribution is -2.58. The number of amides is 2. The average Bonchev–Trinajstić information content (AvgIpc) is 2.66. The van der Waals surface area contributed by atoms with Crippen LogP contribution in [0.25, 0.3) is 0 Å². The zero-order valence-electron chi connectivity index (χ0n) is 17.0. The van der Waals surface area contributed by atoms with Gasteiger partial charge in [0, 0.05) is 70.3 Å². The number of rotatable bonds is 3. The van der Waals surface area contributed by atoms with Gasteiger partial charge in [0.2, 0.25) is 0 Å². The topological polar surface area (TPSA) is 62.3 Å². The van der Waals surface area contributed by atoms with Crippen molar-refractivity contribution in [3.05, 3.63) is 29.8 Å². The van der Waals surface area contributed by atoms with Gasteiger partial charge in [-0.1, -0.05) is 12.1 Å². The molecule has 0 N–H and O–H groups in total. The molecule has 4 aliphatic heterocycles. The van der Waals surface area contributed by atoms with E-state index >= 15 is 0 Å². The predicted octanol–water partition coefficient (Wildman–Crippen LogP) is 1.72. The predicted molar refractivity (Wildman–Crippen MR) is 108 cm³/mol. The van der Waals surface area contributed by atoms with Crippen LogP contribution in [0.1, 0.15) is 24.3 Å². The second kappa shape index (κ2) is 7.61. The SMILES string of the molecule is COC1CN(c2ccc(C3CN(C(=O)N4CC[C@@H]5OCC(=O)C[C@@H]5C4)C3)cc2)C1. The van der Waals surface area contributed by atoms with Crippen molar-refractivity contribution >= 4 is 17.5 Å². The molecule has 4 heterocycles. The van der Waals surface area contributed by atoms with Gasteiger partial charge in [0.05, 0.1) is 12.2 Å². The second-order valence-electron chi connectivity index (χ2n) is 8.83. The molecule has 0 aliphatic carbocycles. The van der Waals surface area contributed by atoms with Gasteiger partial charge >= 0.3 is 6.03 Å². The Hall–Kier alpha value is -2.12. The van der Waals surface area contributed by atoms with E-state index in [4.69, 9.17) is 9.47 Å². The van der Waals surface area contributed by atoms with Gasteiger partial charge in [-0.2, -0.15) is 0 Å². The van der Waals surface area contributed by atoms with E-state index in [1.54, 1.807) is 7.11 Å². The highest BCUT2D eigenvalue weighted by Gasteiger charge is 2.40. The molecule has 0 bridgehead atoms. The van der Waals surface area contributed by atoms with Crippen LogP contribution >= 0.6 is 0 Å². The number of Topliss-reactive ketones (excluding diaryl/α,β-unsaturated/α-hetero) is 1. The van der Waals surface area contributed by atoms with Crippen molar-refractivity contribution in [1.29, 1.82) is 0 Å². The minimum absolute atomic E-state index is 0.112. The number of piperidine rings is 1. The fraction of sp³-hybridized carbons (Fsp3) is 0.636. The first kappa shape index (κ1) is 18.9. The van der Waals surface area contributed by atoms with Crippen molar-refractivity contribution in [2.24, 2.45) is 5.92 Å². The maximum Gasteiger partial charge on any atom is 0.320 e. The lowest BCUT2D eigenvalue weighted by molar-refractivity contribution is -0.140. The summed E-state index contributed by atoms with van der Waals surface area (Å²) in [6.07, 6.45) is 1.88. The van der Waals surface area contributed by atoms with Crippen LogP contribution in [0.5, 0.6) is 0 Å². The summed E-state index contributed by atoms with van der Waals surface area (Å²) in [6.45, 7) is 5.06. The van der Waals surface area contributed by atoms with E-state index < -0.39 is 0 Å². The molecule has 4 fully saturated rings. The molecule has 0 spiro atoms. The van der Waals surface area contributed by atoms with Crippen LogP contribution in [-0.2, 0) is 14.3 Å². The van der Waals surface area contributed by atoms with Crippen LogP contribution in [0.3, 0.4) is 0 Å². The number of likely N-dealkylation sites (tertiary alicyclic amines) is 2. The third-order valence-corrected chi connectivity index (χ3v) is 6.95. The third-order valence-electron chi connectivity index (χ3n) is 6.95. The van der Waals surface area contributed by atoms with Crippen LogP contribution in [0, 0.1) is 5.92 Å². The summed E-state index contributed by atoms with van der Waals surface area (Å²) in [5, 5.41) is 0. The van der Waals surface area contributed by atoms with Crippen molar-refractivity contribution < 1.29 is 19.1 Å². The molecule has 1 aromatic carbocycles. The van der Waals surface area contributed by atoms with Crippen LogP contribution < -0.4 is 4.90 Å². The van der Waals surface area contributed by atoms with Gasteiger partial charge in [0.25, 0.3) is 0 Å². The van der Waals surface area contributed by atoms with Crippen LogP contribution in [0.2, 0.25) is 0 Å². The number of fused-ring (bicyclic) bond motifs is 1. The maximum absolute atomic E-state index is 12.9. The highest BCUT2D eigenvalue weighted by atomic mass is 16.5.